The Morgan fingerprint density at radius 1 is 1.10 bits per heavy atom. The van der Waals surface area contributed by atoms with E-state index in [1.165, 1.54) is 12.5 Å². The summed E-state index contributed by atoms with van der Waals surface area (Å²) in [6.07, 6.45) is 4.38. The average Bonchev–Trinajstić information content (AvgIpc) is 2.92. The third kappa shape index (κ3) is 1.81. The minimum atomic E-state index is -3.66. The molecular formula is C14H11N3O2S. The van der Waals surface area contributed by atoms with E-state index >= 15 is 0 Å². The summed E-state index contributed by atoms with van der Waals surface area (Å²) >= 11 is 0. The van der Waals surface area contributed by atoms with E-state index in [9.17, 15) is 8.42 Å². The maximum absolute atomic E-state index is 12.6. The standard InChI is InChI=1S/C14H11N3O2S/c1-2-13-12-8-9-17(14(12)16-10-15-13)20(18,19)11-6-4-3-5-7-11/h2-10H,1H2. The van der Waals surface area contributed by atoms with Crippen LogP contribution in [0, 0.1) is 0 Å². The molecule has 2 heterocycles. The van der Waals surface area contributed by atoms with Crippen LogP contribution in [0.15, 0.2) is 60.4 Å². The molecule has 0 spiro atoms. The fourth-order valence-electron chi connectivity index (χ4n) is 2.01. The van der Waals surface area contributed by atoms with Crippen LogP contribution in [0.3, 0.4) is 0 Å². The summed E-state index contributed by atoms with van der Waals surface area (Å²) in [5.41, 5.74) is 0.954. The molecule has 0 aliphatic rings. The maximum Gasteiger partial charge on any atom is 0.269 e. The van der Waals surface area contributed by atoms with E-state index in [1.54, 1.807) is 42.5 Å². The molecule has 0 atom stereocenters. The van der Waals surface area contributed by atoms with Crippen molar-refractivity contribution in [3.63, 3.8) is 0 Å². The quantitative estimate of drug-likeness (QED) is 0.740. The van der Waals surface area contributed by atoms with Gasteiger partial charge in [-0.2, -0.15) is 0 Å². The third-order valence-electron chi connectivity index (χ3n) is 2.97. The van der Waals surface area contributed by atoms with Crippen molar-refractivity contribution in [3.05, 3.63) is 61.2 Å². The van der Waals surface area contributed by atoms with Crippen molar-refractivity contribution in [3.8, 4) is 0 Å². The van der Waals surface area contributed by atoms with Gasteiger partial charge in [0.05, 0.1) is 10.6 Å². The first-order valence-corrected chi connectivity index (χ1v) is 7.34. The van der Waals surface area contributed by atoms with Crippen LogP contribution >= 0.6 is 0 Å². The Morgan fingerprint density at radius 2 is 1.85 bits per heavy atom. The van der Waals surface area contributed by atoms with Crippen molar-refractivity contribution >= 4 is 27.1 Å². The molecule has 20 heavy (non-hydrogen) atoms. The van der Waals surface area contributed by atoms with Crippen molar-refractivity contribution in [2.75, 3.05) is 0 Å². The van der Waals surface area contributed by atoms with Gasteiger partial charge in [0.1, 0.15) is 6.33 Å². The molecule has 0 saturated carbocycles. The highest BCUT2D eigenvalue weighted by atomic mass is 32.2. The van der Waals surface area contributed by atoms with Crippen LogP contribution in [-0.4, -0.2) is 22.4 Å². The van der Waals surface area contributed by atoms with Gasteiger partial charge in [0.15, 0.2) is 5.65 Å². The van der Waals surface area contributed by atoms with Gasteiger partial charge >= 0.3 is 0 Å². The first-order valence-electron chi connectivity index (χ1n) is 5.90. The molecule has 3 rings (SSSR count). The van der Waals surface area contributed by atoms with E-state index in [0.717, 1.165) is 3.97 Å². The summed E-state index contributed by atoms with van der Waals surface area (Å²) in [7, 11) is -3.66. The van der Waals surface area contributed by atoms with Crippen molar-refractivity contribution in [1.82, 2.24) is 13.9 Å². The maximum atomic E-state index is 12.6. The van der Waals surface area contributed by atoms with Crippen LogP contribution in [-0.2, 0) is 10.0 Å². The van der Waals surface area contributed by atoms with Crippen LogP contribution in [0.4, 0.5) is 0 Å². The van der Waals surface area contributed by atoms with Crippen LogP contribution in [0.5, 0.6) is 0 Å². The van der Waals surface area contributed by atoms with E-state index in [-0.39, 0.29) is 4.90 Å². The molecule has 0 aliphatic heterocycles. The minimum absolute atomic E-state index is 0.219. The summed E-state index contributed by atoms with van der Waals surface area (Å²) in [5.74, 6) is 0. The molecule has 0 fully saturated rings. The molecule has 0 saturated heterocycles. The highest BCUT2D eigenvalue weighted by Crippen LogP contribution is 2.22. The third-order valence-corrected chi connectivity index (χ3v) is 4.65. The predicted octanol–water partition coefficient (Wildman–Crippen LogP) is 2.31. The number of nitrogens with zero attached hydrogens (tertiary/aromatic N) is 3. The fourth-order valence-corrected chi connectivity index (χ4v) is 3.33. The fraction of sp³-hybridized carbons (Fsp3) is 0. The molecule has 0 amide bonds. The second-order valence-corrected chi connectivity index (χ2v) is 5.94. The zero-order valence-corrected chi connectivity index (χ0v) is 11.3. The Balaban J connectivity index is 2.29. The van der Waals surface area contributed by atoms with Crippen molar-refractivity contribution in [2.24, 2.45) is 0 Å². The van der Waals surface area contributed by atoms with Gasteiger partial charge in [-0.25, -0.2) is 22.4 Å². The lowest BCUT2D eigenvalue weighted by molar-refractivity contribution is 0.588. The molecule has 3 aromatic rings. The van der Waals surface area contributed by atoms with Gasteiger partial charge in [-0.15, -0.1) is 0 Å². The Bertz CT molecular complexity index is 883. The number of aromatic nitrogens is 3. The van der Waals surface area contributed by atoms with Crippen molar-refractivity contribution < 1.29 is 8.42 Å². The van der Waals surface area contributed by atoms with E-state index in [4.69, 9.17) is 0 Å². The predicted molar refractivity (Wildman–Crippen MR) is 76.6 cm³/mol. The first-order chi connectivity index (χ1) is 9.64. The number of fused-ring (bicyclic) bond motifs is 1. The number of benzene rings is 1. The molecular weight excluding hydrogens is 274 g/mol. The molecule has 0 radical (unpaired) electrons. The van der Waals surface area contributed by atoms with Gasteiger partial charge in [0, 0.05) is 11.6 Å². The summed E-state index contributed by atoms with van der Waals surface area (Å²) in [5, 5.41) is 0.655. The molecule has 5 nitrogen and oxygen atoms in total. The molecule has 2 aromatic heterocycles. The number of hydrogen-bond acceptors (Lipinski definition) is 4. The average molecular weight is 285 g/mol. The zero-order valence-electron chi connectivity index (χ0n) is 10.5. The minimum Gasteiger partial charge on any atom is -0.236 e. The van der Waals surface area contributed by atoms with E-state index in [1.807, 2.05) is 0 Å². The Labute approximate surface area is 116 Å². The van der Waals surface area contributed by atoms with Crippen LogP contribution in [0.2, 0.25) is 0 Å². The molecule has 0 unspecified atom stereocenters. The first kappa shape index (κ1) is 12.6. The lowest BCUT2D eigenvalue weighted by Gasteiger charge is -2.06. The smallest absolute Gasteiger partial charge is 0.236 e. The molecule has 100 valence electrons. The Morgan fingerprint density at radius 3 is 2.55 bits per heavy atom. The second-order valence-electron chi connectivity index (χ2n) is 4.13. The zero-order chi connectivity index (χ0) is 14.2. The highest BCUT2D eigenvalue weighted by Gasteiger charge is 2.19. The van der Waals surface area contributed by atoms with Gasteiger partial charge in [-0.1, -0.05) is 24.8 Å². The number of rotatable bonds is 3. The second kappa shape index (κ2) is 4.57. The molecule has 0 bridgehead atoms. The topological polar surface area (TPSA) is 64.8 Å². The normalized spacial score (nSPS) is 11.6. The summed E-state index contributed by atoms with van der Waals surface area (Å²) in [6, 6.07) is 9.91. The molecule has 0 aliphatic carbocycles. The summed E-state index contributed by atoms with van der Waals surface area (Å²) in [4.78, 5) is 8.34. The van der Waals surface area contributed by atoms with Crippen molar-refractivity contribution in [2.45, 2.75) is 4.90 Å². The molecule has 0 N–H and O–H groups in total. The summed E-state index contributed by atoms with van der Waals surface area (Å²) in [6.45, 7) is 3.66. The van der Waals surface area contributed by atoms with Gasteiger partial charge < -0.3 is 0 Å². The van der Waals surface area contributed by atoms with Crippen LogP contribution in [0.1, 0.15) is 5.69 Å². The van der Waals surface area contributed by atoms with Gasteiger partial charge in [0.25, 0.3) is 10.0 Å². The van der Waals surface area contributed by atoms with Crippen LogP contribution < -0.4 is 0 Å². The SMILES string of the molecule is C=Cc1ncnc2c1ccn2S(=O)(=O)c1ccccc1. The molecule has 6 heteroatoms. The van der Waals surface area contributed by atoms with E-state index < -0.39 is 10.0 Å². The largest absolute Gasteiger partial charge is 0.269 e. The number of hydrogen-bond donors (Lipinski definition) is 0. The highest BCUT2D eigenvalue weighted by molar-refractivity contribution is 7.90. The molecule has 1 aromatic carbocycles. The lowest BCUT2D eigenvalue weighted by Crippen LogP contribution is -2.12. The van der Waals surface area contributed by atoms with Crippen LogP contribution in [0.25, 0.3) is 17.1 Å². The Hall–Kier alpha value is -2.47. The Kier molecular flexibility index (Phi) is 2.87. The van der Waals surface area contributed by atoms with Gasteiger partial charge in [-0.05, 0) is 24.3 Å². The summed E-state index contributed by atoms with van der Waals surface area (Å²) < 4.78 is 26.3. The van der Waals surface area contributed by atoms with E-state index in [2.05, 4.69) is 16.5 Å². The van der Waals surface area contributed by atoms with Gasteiger partial charge in [-0.3, -0.25) is 0 Å². The van der Waals surface area contributed by atoms with E-state index in [0.29, 0.717) is 16.7 Å². The monoisotopic (exact) mass is 285 g/mol. The lowest BCUT2D eigenvalue weighted by atomic mass is 10.3. The van der Waals surface area contributed by atoms with Crippen molar-refractivity contribution in [1.29, 1.82) is 0 Å². The van der Waals surface area contributed by atoms with Gasteiger partial charge in [0.2, 0.25) is 0 Å².